The number of ketones is 1. The lowest BCUT2D eigenvalue weighted by Crippen LogP contribution is -2.29. The number of carbonyl (C=O) groups excluding carboxylic acids is 2. The minimum absolute atomic E-state index is 0.0359. The standard InChI is InChI=1S/C29H29NO5/c1-3-16-34-23-14-8-12-21(18-23)27(31)25-26(20-10-6-5-7-11-20)30(29(33)28(25)32)22-13-9-15-24(19-22)35-17-4-2/h5-15,18-19,26,31H,3-4,16-17H2,1-2H3/b27-25+. The van der Waals surface area contributed by atoms with Crippen molar-refractivity contribution in [2.75, 3.05) is 18.1 Å². The summed E-state index contributed by atoms with van der Waals surface area (Å²) in [5, 5.41) is 11.3. The zero-order valence-electron chi connectivity index (χ0n) is 19.9. The number of anilines is 1. The van der Waals surface area contributed by atoms with Crippen molar-refractivity contribution < 1.29 is 24.2 Å². The molecule has 0 saturated carbocycles. The lowest BCUT2D eigenvalue weighted by molar-refractivity contribution is -0.132. The minimum atomic E-state index is -0.794. The van der Waals surface area contributed by atoms with Gasteiger partial charge in [0, 0.05) is 17.3 Å². The average Bonchev–Trinajstić information content (AvgIpc) is 3.16. The number of hydrogen-bond acceptors (Lipinski definition) is 5. The number of carbonyl (C=O) groups is 2. The molecule has 180 valence electrons. The van der Waals surface area contributed by atoms with Crippen molar-refractivity contribution in [2.24, 2.45) is 0 Å². The molecule has 6 nitrogen and oxygen atoms in total. The molecule has 1 aliphatic heterocycles. The normalized spacial score (nSPS) is 17.0. The Bertz CT molecular complexity index is 1230. The second-order valence-corrected chi connectivity index (χ2v) is 8.30. The van der Waals surface area contributed by atoms with Crippen LogP contribution in [0.2, 0.25) is 0 Å². The Morgan fingerprint density at radius 1 is 0.829 bits per heavy atom. The fourth-order valence-corrected chi connectivity index (χ4v) is 4.10. The van der Waals surface area contributed by atoms with Crippen LogP contribution in [0.4, 0.5) is 5.69 Å². The van der Waals surface area contributed by atoms with Gasteiger partial charge in [0.2, 0.25) is 0 Å². The molecular formula is C29H29NO5. The van der Waals surface area contributed by atoms with E-state index in [1.165, 1.54) is 4.90 Å². The van der Waals surface area contributed by atoms with Crippen LogP contribution in [0.1, 0.15) is 43.9 Å². The van der Waals surface area contributed by atoms with Gasteiger partial charge in [-0.05, 0) is 42.7 Å². The van der Waals surface area contributed by atoms with E-state index in [1.807, 2.05) is 50.2 Å². The maximum atomic E-state index is 13.3. The van der Waals surface area contributed by atoms with Crippen LogP contribution in [0.5, 0.6) is 11.5 Å². The third-order valence-corrected chi connectivity index (χ3v) is 5.71. The lowest BCUT2D eigenvalue weighted by atomic mass is 9.95. The van der Waals surface area contributed by atoms with Crippen molar-refractivity contribution >= 4 is 23.1 Å². The first kappa shape index (κ1) is 24.1. The molecule has 1 atom stereocenters. The molecule has 3 aromatic carbocycles. The van der Waals surface area contributed by atoms with Gasteiger partial charge >= 0.3 is 0 Å². The Hall–Kier alpha value is -4.06. The highest BCUT2D eigenvalue weighted by Crippen LogP contribution is 2.43. The van der Waals surface area contributed by atoms with Gasteiger partial charge in [0.15, 0.2) is 0 Å². The van der Waals surface area contributed by atoms with Gasteiger partial charge in [-0.1, -0.05) is 62.4 Å². The van der Waals surface area contributed by atoms with Crippen molar-refractivity contribution in [1.82, 2.24) is 0 Å². The van der Waals surface area contributed by atoms with Gasteiger partial charge in [-0.3, -0.25) is 14.5 Å². The summed E-state index contributed by atoms with van der Waals surface area (Å²) in [5.74, 6) is -0.483. The van der Waals surface area contributed by atoms with E-state index in [0.29, 0.717) is 41.5 Å². The quantitative estimate of drug-likeness (QED) is 0.239. The van der Waals surface area contributed by atoms with E-state index in [1.54, 1.807) is 42.5 Å². The van der Waals surface area contributed by atoms with Gasteiger partial charge in [0.25, 0.3) is 11.7 Å². The first-order valence-corrected chi connectivity index (χ1v) is 11.9. The highest BCUT2D eigenvalue weighted by atomic mass is 16.5. The van der Waals surface area contributed by atoms with Gasteiger partial charge < -0.3 is 14.6 Å². The Labute approximate surface area is 205 Å². The molecule has 1 fully saturated rings. The molecule has 0 radical (unpaired) electrons. The lowest BCUT2D eigenvalue weighted by Gasteiger charge is -2.25. The highest BCUT2D eigenvalue weighted by Gasteiger charge is 2.47. The second-order valence-electron chi connectivity index (χ2n) is 8.30. The van der Waals surface area contributed by atoms with Crippen LogP contribution in [-0.4, -0.2) is 30.0 Å². The number of rotatable bonds is 9. The fraction of sp³-hybridized carbons (Fsp3) is 0.241. The van der Waals surface area contributed by atoms with Gasteiger partial charge in [-0.2, -0.15) is 0 Å². The van der Waals surface area contributed by atoms with E-state index < -0.39 is 17.7 Å². The number of amides is 1. The second kappa shape index (κ2) is 10.9. The highest BCUT2D eigenvalue weighted by molar-refractivity contribution is 6.51. The summed E-state index contributed by atoms with van der Waals surface area (Å²) in [6.07, 6.45) is 1.69. The van der Waals surface area contributed by atoms with E-state index in [-0.39, 0.29) is 11.3 Å². The van der Waals surface area contributed by atoms with E-state index in [0.717, 1.165) is 12.8 Å². The molecule has 35 heavy (non-hydrogen) atoms. The summed E-state index contributed by atoms with van der Waals surface area (Å²) in [6, 6.07) is 22.5. The molecular weight excluding hydrogens is 442 g/mol. The van der Waals surface area contributed by atoms with Crippen LogP contribution in [0.25, 0.3) is 5.76 Å². The molecule has 1 heterocycles. The van der Waals surface area contributed by atoms with Gasteiger partial charge in [0.1, 0.15) is 17.3 Å². The predicted molar refractivity (Wildman–Crippen MR) is 136 cm³/mol. The summed E-state index contributed by atoms with van der Waals surface area (Å²) in [4.78, 5) is 28.1. The summed E-state index contributed by atoms with van der Waals surface area (Å²) in [7, 11) is 0. The fourth-order valence-electron chi connectivity index (χ4n) is 4.10. The van der Waals surface area contributed by atoms with Crippen LogP contribution < -0.4 is 14.4 Å². The maximum absolute atomic E-state index is 13.3. The number of Topliss-reactive ketones (excluding diaryl/α,β-unsaturated/α-hetero) is 1. The summed E-state index contributed by atoms with van der Waals surface area (Å²) >= 11 is 0. The maximum Gasteiger partial charge on any atom is 0.300 e. The third-order valence-electron chi connectivity index (χ3n) is 5.71. The minimum Gasteiger partial charge on any atom is -0.507 e. The number of aliphatic hydroxyl groups excluding tert-OH is 1. The van der Waals surface area contributed by atoms with Crippen LogP contribution in [-0.2, 0) is 9.59 Å². The van der Waals surface area contributed by atoms with E-state index in [4.69, 9.17) is 9.47 Å². The van der Waals surface area contributed by atoms with Crippen LogP contribution in [0.15, 0.2) is 84.4 Å². The van der Waals surface area contributed by atoms with E-state index in [9.17, 15) is 14.7 Å². The van der Waals surface area contributed by atoms with Crippen molar-refractivity contribution in [3.63, 3.8) is 0 Å². The first-order chi connectivity index (χ1) is 17.0. The van der Waals surface area contributed by atoms with E-state index in [2.05, 4.69) is 0 Å². The zero-order chi connectivity index (χ0) is 24.8. The van der Waals surface area contributed by atoms with Crippen LogP contribution >= 0.6 is 0 Å². The van der Waals surface area contributed by atoms with Gasteiger partial charge in [0.05, 0.1) is 24.8 Å². The molecule has 6 heteroatoms. The number of hydrogen-bond donors (Lipinski definition) is 1. The average molecular weight is 472 g/mol. The third kappa shape index (κ3) is 5.06. The largest absolute Gasteiger partial charge is 0.507 e. The van der Waals surface area contributed by atoms with Crippen LogP contribution in [0, 0.1) is 0 Å². The zero-order valence-corrected chi connectivity index (χ0v) is 19.9. The summed E-state index contributed by atoms with van der Waals surface area (Å²) in [6.45, 7) is 5.10. The molecule has 1 saturated heterocycles. The molecule has 1 amide bonds. The molecule has 1 N–H and O–H groups in total. The molecule has 0 aromatic heterocycles. The van der Waals surface area contributed by atoms with Gasteiger partial charge in [-0.25, -0.2) is 0 Å². The molecule has 0 bridgehead atoms. The smallest absolute Gasteiger partial charge is 0.300 e. The van der Waals surface area contributed by atoms with E-state index >= 15 is 0 Å². The molecule has 4 rings (SSSR count). The first-order valence-electron chi connectivity index (χ1n) is 11.9. The Kier molecular flexibility index (Phi) is 7.51. The van der Waals surface area contributed by atoms with Crippen LogP contribution in [0.3, 0.4) is 0 Å². The summed E-state index contributed by atoms with van der Waals surface area (Å²) < 4.78 is 11.4. The Morgan fingerprint density at radius 3 is 2.11 bits per heavy atom. The molecule has 3 aromatic rings. The van der Waals surface area contributed by atoms with Gasteiger partial charge in [-0.15, -0.1) is 0 Å². The van der Waals surface area contributed by atoms with Crippen molar-refractivity contribution in [3.05, 3.63) is 95.6 Å². The molecule has 0 spiro atoms. The van der Waals surface area contributed by atoms with Crippen molar-refractivity contribution in [1.29, 1.82) is 0 Å². The van der Waals surface area contributed by atoms with Crippen molar-refractivity contribution in [3.8, 4) is 11.5 Å². The summed E-state index contributed by atoms with van der Waals surface area (Å²) in [5.41, 5.74) is 1.69. The number of aliphatic hydroxyl groups is 1. The monoisotopic (exact) mass is 471 g/mol. The molecule has 1 unspecified atom stereocenters. The Balaban J connectivity index is 1.83. The van der Waals surface area contributed by atoms with Crippen molar-refractivity contribution in [2.45, 2.75) is 32.7 Å². The number of benzene rings is 3. The predicted octanol–water partition coefficient (Wildman–Crippen LogP) is 5.89. The molecule has 0 aliphatic carbocycles. The SMILES string of the molecule is CCCOc1cccc(/C(O)=C2\C(=O)C(=O)N(c3cccc(OCCC)c3)C2c2ccccc2)c1. The topological polar surface area (TPSA) is 76.1 Å². The Morgan fingerprint density at radius 2 is 1.46 bits per heavy atom. The number of ether oxygens (including phenoxy) is 2. The molecule has 1 aliphatic rings. The number of nitrogens with zero attached hydrogens (tertiary/aromatic N) is 1.